The smallest absolute Gasteiger partial charge is 0.144 e. The van der Waals surface area contributed by atoms with Crippen LogP contribution in [0.15, 0.2) is 197 Å². The zero-order valence-corrected chi connectivity index (χ0v) is 36.7. The number of hydrogen-bond donors (Lipinski definition) is 1. The second-order valence-electron chi connectivity index (χ2n) is 19.7. The average Bonchev–Trinajstić information content (AvgIpc) is 3.94. The molecule has 6 aliphatic rings. The van der Waals surface area contributed by atoms with Crippen molar-refractivity contribution in [1.82, 2.24) is 5.32 Å². The van der Waals surface area contributed by atoms with Crippen molar-refractivity contribution in [3.63, 3.8) is 0 Å². The van der Waals surface area contributed by atoms with Gasteiger partial charge in [0.2, 0.25) is 0 Å². The van der Waals surface area contributed by atoms with Gasteiger partial charge in [-0.05, 0) is 105 Å². The van der Waals surface area contributed by atoms with E-state index in [9.17, 15) is 0 Å². The van der Waals surface area contributed by atoms with Crippen LogP contribution >= 0.6 is 0 Å². The summed E-state index contributed by atoms with van der Waals surface area (Å²) in [5, 5.41) is 6.31. The number of para-hydroxylation sites is 1. The first-order valence-corrected chi connectivity index (χ1v) is 23.6. The van der Waals surface area contributed by atoms with Crippen LogP contribution in [0.3, 0.4) is 0 Å². The van der Waals surface area contributed by atoms with E-state index in [1.165, 1.54) is 71.1 Å². The lowest BCUT2D eigenvalue weighted by molar-refractivity contribution is 0.233. The molecular formula is C61H52N2O. The molecule has 0 bridgehead atoms. The van der Waals surface area contributed by atoms with Crippen LogP contribution < -0.4 is 5.32 Å². The summed E-state index contributed by atoms with van der Waals surface area (Å²) in [6, 6.07) is 51.3. The van der Waals surface area contributed by atoms with Gasteiger partial charge in [-0.25, -0.2) is 0 Å². The molecule has 0 amide bonds. The lowest BCUT2D eigenvalue weighted by atomic mass is 9.62. The Hall–Kier alpha value is -6.71. The first kappa shape index (κ1) is 37.8. The highest BCUT2D eigenvalue weighted by molar-refractivity contribution is 6.12. The Morgan fingerprint density at radius 1 is 0.656 bits per heavy atom. The maximum Gasteiger partial charge on any atom is 0.144 e. The van der Waals surface area contributed by atoms with Crippen molar-refractivity contribution in [2.24, 2.45) is 16.8 Å². The predicted octanol–water partition coefficient (Wildman–Crippen LogP) is 15.1. The van der Waals surface area contributed by atoms with Gasteiger partial charge in [0, 0.05) is 39.0 Å². The second kappa shape index (κ2) is 14.4. The normalized spacial score (nSPS) is 23.6. The lowest BCUT2D eigenvalue weighted by Crippen LogP contribution is -2.35. The number of furan rings is 1. The Morgan fingerprint density at radius 2 is 1.44 bits per heavy atom. The van der Waals surface area contributed by atoms with Crippen LogP contribution in [-0.4, -0.2) is 5.71 Å². The van der Waals surface area contributed by atoms with Gasteiger partial charge in [0.25, 0.3) is 0 Å². The van der Waals surface area contributed by atoms with Gasteiger partial charge in [-0.1, -0.05) is 185 Å². The van der Waals surface area contributed by atoms with Gasteiger partial charge in [-0.2, -0.15) is 0 Å². The molecule has 1 aromatic heterocycles. The fourth-order valence-electron chi connectivity index (χ4n) is 12.9. The highest BCUT2D eigenvalue weighted by Crippen LogP contribution is 2.64. The molecule has 2 heterocycles. The number of nitrogens with one attached hydrogen (secondary N) is 1. The monoisotopic (exact) mass is 828 g/mol. The Labute approximate surface area is 376 Å². The third kappa shape index (κ3) is 5.62. The fourth-order valence-corrected chi connectivity index (χ4v) is 12.9. The van der Waals surface area contributed by atoms with E-state index >= 15 is 0 Å². The minimum Gasteiger partial charge on any atom is -0.455 e. The number of fused-ring (bicyclic) bond motifs is 11. The molecular weight excluding hydrogens is 777 g/mol. The van der Waals surface area contributed by atoms with Crippen LogP contribution in [0.5, 0.6) is 0 Å². The molecule has 6 aromatic carbocycles. The van der Waals surface area contributed by atoms with Crippen LogP contribution in [0.25, 0.3) is 44.3 Å². The van der Waals surface area contributed by atoms with Crippen LogP contribution in [0.4, 0.5) is 0 Å². The summed E-state index contributed by atoms with van der Waals surface area (Å²) < 4.78 is 6.94. The summed E-state index contributed by atoms with van der Waals surface area (Å²) in [7, 11) is 0. The summed E-state index contributed by atoms with van der Waals surface area (Å²) in [4.78, 5) is 5.62. The second-order valence-corrected chi connectivity index (χ2v) is 19.7. The predicted molar refractivity (Wildman–Crippen MR) is 264 cm³/mol. The molecule has 5 aliphatic carbocycles. The van der Waals surface area contributed by atoms with Gasteiger partial charge >= 0.3 is 0 Å². The summed E-state index contributed by atoms with van der Waals surface area (Å²) >= 11 is 0. The number of hydrogen-bond acceptors (Lipinski definition) is 3. The Bertz CT molecular complexity index is 3240. The molecule has 7 aromatic rings. The highest BCUT2D eigenvalue weighted by Gasteiger charge is 2.53. The molecule has 4 atom stereocenters. The van der Waals surface area contributed by atoms with Crippen LogP contribution in [0, 0.1) is 11.8 Å². The molecule has 1 aliphatic heterocycles. The van der Waals surface area contributed by atoms with Gasteiger partial charge in [0.05, 0.1) is 23.1 Å². The van der Waals surface area contributed by atoms with Crippen LogP contribution in [0.1, 0.15) is 103 Å². The third-order valence-electron chi connectivity index (χ3n) is 16.0. The topological polar surface area (TPSA) is 37.5 Å². The van der Waals surface area contributed by atoms with Crippen molar-refractivity contribution in [3.8, 4) is 11.1 Å². The van der Waals surface area contributed by atoms with Crippen LogP contribution in [-0.2, 0) is 10.8 Å². The summed E-state index contributed by atoms with van der Waals surface area (Å²) in [6.45, 7) is 4.88. The van der Waals surface area contributed by atoms with Crippen molar-refractivity contribution < 1.29 is 4.42 Å². The standard InChI is InChI=1S/C61H52N2O/c1-60(2)50-30-28-41(34-46(50)48-37-53-47(36-52(48)60)43-24-13-14-27-51(43)61(53)32-15-6-16-33-61)42-29-31-54-49(35-42)44-25-17-26-45(59(44)64-54)58-57(40-22-11-5-12-23-40)62-55(38-18-7-3-8-19-38)56(63-58)39-20-9-4-10-21-39/h3-5,7-14,17-22,24-31,34-37,40,47,53,56,63H,6,15-16,23,32-33H2,1-2H3. The molecule has 1 fully saturated rings. The maximum absolute atomic E-state index is 6.94. The molecule has 1 spiro atoms. The minimum absolute atomic E-state index is 0.0567. The highest BCUT2D eigenvalue weighted by atomic mass is 16.3. The van der Waals surface area contributed by atoms with E-state index in [2.05, 4.69) is 195 Å². The Morgan fingerprint density at radius 3 is 2.27 bits per heavy atom. The van der Waals surface area contributed by atoms with Crippen molar-refractivity contribution in [1.29, 1.82) is 0 Å². The largest absolute Gasteiger partial charge is 0.455 e. The molecule has 1 saturated carbocycles. The van der Waals surface area contributed by atoms with Crippen molar-refractivity contribution in [2.75, 3.05) is 0 Å². The SMILES string of the molecule is CC1(C)C2=CC3c4ccccc4C4(CCCCC4)C3C=C2c2cc(-c3ccc4oc5c(C6=C(C7C=CC=CC7)N=C(c7ccccc7)C(c7ccccc7)N6)cccc5c4c3)ccc21. The molecule has 4 unspecified atom stereocenters. The Balaban J connectivity index is 0.925. The van der Waals surface area contributed by atoms with Gasteiger partial charge in [0.15, 0.2) is 0 Å². The molecule has 1 N–H and O–H groups in total. The van der Waals surface area contributed by atoms with Crippen molar-refractivity contribution in [3.05, 3.63) is 226 Å². The van der Waals surface area contributed by atoms with Crippen LogP contribution in [0.2, 0.25) is 0 Å². The zero-order chi connectivity index (χ0) is 42.6. The number of benzene rings is 6. The average molecular weight is 829 g/mol. The van der Waals surface area contributed by atoms with Gasteiger partial charge < -0.3 is 9.73 Å². The van der Waals surface area contributed by atoms with E-state index in [0.717, 1.165) is 56.6 Å². The number of allylic oxidation sites excluding steroid dienone is 8. The van der Waals surface area contributed by atoms with Crippen molar-refractivity contribution in [2.45, 2.75) is 75.2 Å². The zero-order valence-electron chi connectivity index (χ0n) is 36.7. The molecule has 3 nitrogen and oxygen atoms in total. The van der Waals surface area contributed by atoms with Gasteiger partial charge in [-0.15, -0.1) is 0 Å². The fraction of sp³-hybridized carbons (Fsp3) is 0.230. The molecule has 0 saturated heterocycles. The van der Waals surface area contributed by atoms with Gasteiger partial charge in [-0.3, -0.25) is 4.99 Å². The third-order valence-corrected chi connectivity index (χ3v) is 16.0. The Kier molecular flexibility index (Phi) is 8.51. The first-order valence-electron chi connectivity index (χ1n) is 23.6. The van der Waals surface area contributed by atoms with E-state index in [1.54, 1.807) is 11.1 Å². The minimum atomic E-state index is -0.140. The van der Waals surface area contributed by atoms with E-state index in [4.69, 9.17) is 9.41 Å². The summed E-state index contributed by atoms with van der Waals surface area (Å²) in [5.74, 6) is 1.09. The quantitative estimate of drug-likeness (QED) is 0.188. The molecule has 64 heavy (non-hydrogen) atoms. The maximum atomic E-state index is 6.94. The first-order chi connectivity index (χ1) is 31.5. The number of aliphatic imine (C=N–C) groups is 1. The van der Waals surface area contributed by atoms with E-state index in [1.807, 2.05) is 0 Å². The molecule has 3 heteroatoms. The molecule has 312 valence electrons. The molecule has 0 radical (unpaired) electrons. The summed E-state index contributed by atoms with van der Waals surface area (Å²) in [6.07, 6.45) is 21.8. The number of rotatable bonds is 5. The number of nitrogens with zero attached hydrogens (tertiary/aromatic N) is 1. The lowest BCUT2D eigenvalue weighted by Gasteiger charge is -2.41. The molecule has 13 rings (SSSR count). The van der Waals surface area contributed by atoms with E-state index < -0.39 is 0 Å². The summed E-state index contributed by atoms with van der Waals surface area (Å²) in [5.41, 5.74) is 19.9. The van der Waals surface area contributed by atoms with Gasteiger partial charge in [0.1, 0.15) is 11.2 Å². The van der Waals surface area contributed by atoms with E-state index in [0.29, 0.717) is 11.8 Å². The van der Waals surface area contributed by atoms with Crippen molar-refractivity contribution >= 4 is 38.9 Å². The van der Waals surface area contributed by atoms with E-state index in [-0.39, 0.29) is 22.8 Å².